The van der Waals surface area contributed by atoms with Gasteiger partial charge in [-0.05, 0) is 38.9 Å². The number of hydrogen-bond donors (Lipinski definition) is 1. The van der Waals surface area contributed by atoms with Crippen molar-refractivity contribution < 1.29 is 8.42 Å². The Bertz CT molecular complexity index is 290. The van der Waals surface area contributed by atoms with Crippen molar-refractivity contribution in [3.63, 3.8) is 0 Å². The molecule has 4 nitrogen and oxygen atoms in total. The summed E-state index contributed by atoms with van der Waals surface area (Å²) in [5, 5.41) is 3.37. The minimum Gasteiger partial charge on any atom is -0.315 e. The van der Waals surface area contributed by atoms with E-state index in [1.54, 1.807) is 0 Å². The summed E-state index contributed by atoms with van der Waals surface area (Å²) in [6.45, 7) is 6.20. The zero-order valence-corrected chi connectivity index (χ0v) is 11.2. The highest BCUT2D eigenvalue weighted by molar-refractivity contribution is 7.90. The largest absolute Gasteiger partial charge is 0.315 e. The van der Waals surface area contributed by atoms with E-state index in [0.29, 0.717) is 11.8 Å². The Balaban J connectivity index is 2.24. The van der Waals surface area contributed by atoms with Crippen molar-refractivity contribution in [2.75, 3.05) is 38.2 Å². The topological polar surface area (TPSA) is 49.4 Å². The Labute approximate surface area is 99.3 Å². The number of rotatable bonds is 7. The fraction of sp³-hybridized carbons (Fsp3) is 1.00. The average molecular weight is 248 g/mol. The Kier molecular flexibility index (Phi) is 5.72. The molecule has 0 amide bonds. The highest BCUT2D eigenvalue weighted by atomic mass is 32.2. The first-order chi connectivity index (χ1) is 7.53. The van der Waals surface area contributed by atoms with Crippen LogP contribution >= 0.6 is 0 Å². The molecule has 1 N–H and O–H groups in total. The fourth-order valence-corrected chi connectivity index (χ4v) is 2.91. The van der Waals surface area contributed by atoms with Crippen LogP contribution in [0.15, 0.2) is 0 Å². The number of likely N-dealkylation sites (tertiary alicyclic amines) is 1. The first kappa shape index (κ1) is 13.9. The molecule has 1 saturated heterocycles. The van der Waals surface area contributed by atoms with Gasteiger partial charge in [0.1, 0.15) is 9.84 Å². The molecule has 1 rings (SSSR count). The summed E-state index contributed by atoms with van der Waals surface area (Å²) in [4.78, 5) is 2.42. The Morgan fingerprint density at radius 2 is 2.19 bits per heavy atom. The minimum absolute atomic E-state index is 0.317. The van der Waals surface area contributed by atoms with Gasteiger partial charge >= 0.3 is 0 Å². The van der Waals surface area contributed by atoms with E-state index in [-0.39, 0.29) is 0 Å². The molecule has 1 aliphatic heterocycles. The van der Waals surface area contributed by atoms with Crippen LogP contribution in [0.3, 0.4) is 0 Å². The molecule has 5 heteroatoms. The molecule has 0 spiro atoms. The van der Waals surface area contributed by atoms with Gasteiger partial charge in [0, 0.05) is 18.8 Å². The highest BCUT2D eigenvalue weighted by Crippen LogP contribution is 2.16. The zero-order valence-electron chi connectivity index (χ0n) is 10.4. The van der Waals surface area contributed by atoms with Crippen LogP contribution in [0.4, 0.5) is 0 Å². The van der Waals surface area contributed by atoms with Crippen LogP contribution in [-0.4, -0.2) is 57.5 Å². The molecule has 0 saturated carbocycles. The molecule has 16 heavy (non-hydrogen) atoms. The average Bonchev–Trinajstić information content (AvgIpc) is 2.60. The van der Waals surface area contributed by atoms with Gasteiger partial charge < -0.3 is 5.32 Å². The first-order valence-corrected chi connectivity index (χ1v) is 8.21. The Morgan fingerprint density at radius 3 is 2.81 bits per heavy atom. The lowest BCUT2D eigenvalue weighted by molar-refractivity contribution is 0.249. The van der Waals surface area contributed by atoms with Crippen LogP contribution < -0.4 is 5.32 Å². The van der Waals surface area contributed by atoms with Gasteiger partial charge in [-0.25, -0.2) is 8.42 Å². The van der Waals surface area contributed by atoms with Crippen molar-refractivity contribution in [2.24, 2.45) is 0 Å². The van der Waals surface area contributed by atoms with E-state index in [9.17, 15) is 8.42 Å². The van der Waals surface area contributed by atoms with E-state index in [1.165, 1.54) is 19.1 Å². The van der Waals surface area contributed by atoms with Crippen LogP contribution in [0.2, 0.25) is 0 Å². The fourth-order valence-electron chi connectivity index (χ4n) is 2.26. The van der Waals surface area contributed by atoms with Crippen molar-refractivity contribution in [1.29, 1.82) is 0 Å². The molecule has 1 unspecified atom stereocenters. The van der Waals surface area contributed by atoms with Crippen molar-refractivity contribution in [3.8, 4) is 0 Å². The summed E-state index contributed by atoms with van der Waals surface area (Å²) in [6, 6.07) is 0.611. The standard InChI is InChI=1S/C11H24N2O2S/c1-3-12-10-11-6-4-7-13(11)8-5-9-16(2,14)15/h11-12H,3-10H2,1-2H3. The van der Waals surface area contributed by atoms with Crippen molar-refractivity contribution in [3.05, 3.63) is 0 Å². The number of hydrogen-bond acceptors (Lipinski definition) is 4. The molecular formula is C11H24N2O2S. The summed E-state index contributed by atoms with van der Waals surface area (Å²) < 4.78 is 22.1. The number of likely N-dealkylation sites (N-methyl/N-ethyl adjacent to an activating group) is 1. The molecule has 0 aliphatic carbocycles. The van der Waals surface area contributed by atoms with Crippen LogP contribution in [-0.2, 0) is 9.84 Å². The maximum absolute atomic E-state index is 11.0. The van der Waals surface area contributed by atoms with Crippen molar-refractivity contribution in [2.45, 2.75) is 32.2 Å². The second-order valence-corrected chi connectivity index (χ2v) is 6.88. The molecule has 0 aromatic heterocycles. The van der Waals surface area contributed by atoms with Gasteiger partial charge in [-0.3, -0.25) is 4.90 Å². The molecule has 96 valence electrons. The Hall–Kier alpha value is -0.130. The van der Waals surface area contributed by atoms with Gasteiger partial charge in [0.25, 0.3) is 0 Å². The predicted octanol–water partition coefficient (Wildman–Crippen LogP) is 0.495. The summed E-state index contributed by atoms with van der Waals surface area (Å²) in [6.07, 6.45) is 4.56. The molecule has 1 fully saturated rings. The van der Waals surface area contributed by atoms with E-state index < -0.39 is 9.84 Å². The Morgan fingerprint density at radius 1 is 1.44 bits per heavy atom. The van der Waals surface area contributed by atoms with Gasteiger partial charge in [-0.1, -0.05) is 6.92 Å². The summed E-state index contributed by atoms with van der Waals surface area (Å²) in [5.74, 6) is 0.317. The second kappa shape index (κ2) is 6.57. The SMILES string of the molecule is CCNCC1CCCN1CCCS(C)(=O)=O. The lowest BCUT2D eigenvalue weighted by atomic mass is 10.2. The lowest BCUT2D eigenvalue weighted by Crippen LogP contribution is -2.38. The predicted molar refractivity (Wildman–Crippen MR) is 67.5 cm³/mol. The number of nitrogens with one attached hydrogen (secondary N) is 1. The molecule has 1 heterocycles. The van der Waals surface area contributed by atoms with E-state index in [1.807, 2.05) is 0 Å². The van der Waals surface area contributed by atoms with E-state index in [4.69, 9.17) is 0 Å². The maximum atomic E-state index is 11.0. The molecule has 0 aromatic rings. The lowest BCUT2D eigenvalue weighted by Gasteiger charge is -2.24. The number of nitrogens with zero attached hydrogens (tertiary/aromatic N) is 1. The monoisotopic (exact) mass is 248 g/mol. The van der Waals surface area contributed by atoms with E-state index >= 15 is 0 Å². The quantitative estimate of drug-likeness (QED) is 0.712. The normalized spacial score (nSPS) is 22.8. The first-order valence-electron chi connectivity index (χ1n) is 6.15. The second-order valence-electron chi connectivity index (χ2n) is 4.62. The van der Waals surface area contributed by atoms with Gasteiger partial charge in [0.15, 0.2) is 0 Å². The summed E-state index contributed by atoms with van der Waals surface area (Å²) in [5.41, 5.74) is 0. The smallest absolute Gasteiger partial charge is 0.147 e. The third kappa shape index (κ3) is 5.27. The van der Waals surface area contributed by atoms with E-state index in [0.717, 1.165) is 32.6 Å². The van der Waals surface area contributed by atoms with Crippen LogP contribution in [0.1, 0.15) is 26.2 Å². The summed E-state index contributed by atoms with van der Waals surface area (Å²) >= 11 is 0. The molecule has 0 aromatic carbocycles. The van der Waals surface area contributed by atoms with Gasteiger partial charge in [0.05, 0.1) is 5.75 Å². The minimum atomic E-state index is -2.79. The molecule has 0 bridgehead atoms. The maximum Gasteiger partial charge on any atom is 0.147 e. The van der Waals surface area contributed by atoms with Gasteiger partial charge in [-0.2, -0.15) is 0 Å². The van der Waals surface area contributed by atoms with Crippen LogP contribution in [0, 0.1) is 0 Å². The third-order valence-electron chi connectivity index (χ3n) is 3.09. The highest BCUT2D eigenvalue weighted by Gasteiger charge is 2.23. The zero-order chi connectivity index (χ0) is 12.0. The van der Waals surface area contributed by atoms with Crippen molar-refractivity contribution in [1.82, 2.24) is 10.2 Å². The summed E-state index contributed by atoms with van der Waals surface area (Å²) in [7, 11) is -2.79. The van der Waals surface area contributed by atoms with E-state index in [2.05, 4.69) is 17.1 Å². The molecule has 1 aliphatic rings. The van der Waals surface area contributed by atoms with Gasteiger partial charge in [0.2, 0.25) is 0 Å². The third-order valence-corrected chi connectivity index (χ3v) is 4.12. The number of sulfone groups is 1. The van der Waals surface area contributed by atoms with Crippen molar-refractivity contribution >= 4 is 9.84 Å². The molecule has 0 radical (unpaired) electrons. The van der Waals surface area contributed by atoms with Crippen LogP contribution in [0.25, 0.3) is 0 Å². The molecular weight excluding hydrogens is 224 g/mol. The van der Waals surface area contributed by atoms with Gasteiger partial charge in [-0.15, -0.1) is 0 Å². The molecule has 1 atom stereocenters. The van der Waals surface area contributed by atoms with Crippen LogP contribution in [0.5, 0.6) is 0 Å².